The Bertz CT molecular complexity index is 413. The van der Waals surface area contributed by atoms with Crippen LogP contribution in [0, 0.1) is 0 Å². The molecule has 0 aliphatic carbocycles. The predicted molar refractivity (Wildman–Crippen MR) is 72.8 cm³/mol. The molecule has 0 radical (unpaired) electrons. The fraction of sp³-hybridized carbons (Fsp3) is 0.500. The molecule has 7 heteroatoms. The molecule has 1 rings (SSSR count). The van der Waals surface area contributed by atoms with E-state index < -0.39 is 11.3 Å². The van der Waals surface area contributed by atoms with Crippen LogP contribution < -0.4 is 4.31 Å². The maximum atomic E-state index is 11.3. The summed E-state index contributed by atoms with van der Waals surface area (Å²) < 4.78 is 26.4. The van der Waals surface area contributed by atoms with Gasteiger partial charge in [-0.05, 0) is 25.0 Å². The van der Waals surface area contributed by atoms with E-state index >= 15 is 0 Å². The van der Waals surface area contributed by atoms with E-state index in [1.54, 1.807) is 24.5 Å². The number of carbonyl (C=O) groups excluding carboxylic acids is 1. The van der Waals surface area contributed by atoms with Gasteiger partial charge >= 0.3 is 5.97 Å². The fourth-order valence-electron chi connectivity index (χ4n) is 1.60. The van der Waals surface area contributed by atoms with Crippen LogP contribution in [0.25, 0.3) is 0 Å². The van der Waals surface area contributed by atoms with Gasteiger partial charge in [0.2, 0.25) is 0 Å². The first kappa shape index (κ1) is 15.6. The van der Waals surface area contributed by atoms with E-state index in [-0.39, 0.29) is 5.97 Å². The molecule has 0 aliphatic heterocycles. The highest BCUT2D eigenvalue weighted by molar-refractivity contribution is 7.80. The van der Waals surface area contributed by atoms with Gasteiger partial charge < -0.3 is 4.74 Å². The first-order valence-corrected chi connectivity index (χ1v) is 7.07. The van der Waals surface area contributed by atoms with Gasteiger partial charge in [0.1, 0.15) is 0 Å². The molecule has 19 heavy (non-hydrogen) atoms. The zero-order chi connectivity index (χ0) is 14.1. The normalized spacial score (nSPS) is 11.9. The van der Waals surface area contributed by atoms with E-state index in [0.717, 1.165) is 12.8 Å². The van der Waals surface area contributed by atoms with Gasteiger partial charge in [-0.1, -0.05) is 6.42 Å². The monoisotopic (exact) mass is 286 g/mol. The number of nitrogens with zero attached hydrogens (tertiary/aromatic N) is 2. The maximum absolute atomic E-state index is 11.3. The van der Waals surface area contributed by atoms with Gasteiger partial charge in [0.25, 0.3) is 11.3 Å². The molecule has 0 fully saturated rings. The first-order valence-electron chi connectivity index (χ1n) is 6.00. The Morgan fingerprint density at radius 2 is 2.26 bits per heavy atom. The van der Waals surface area contributed by atoms with Crippen LogP contribution >= 0.6 is 0 Å². The highest BCUT2D eigenvalue weighted by Gasteiger charge is 2.11. The van der Waals surface area contributed by atoms with Crippen LogP contribution in [-0.4, -0.2) is 33.4 Å². The quantitative estimate of drug-likeness (QED) is 0.447. The Labute approximate surface area is 115 Å². The number of esters is 1. The summed E-state index contributed by atoms with van der Waals surface area (Å²) in [6.45, 7) is 0.440. The SMILES string of the molecule is COC(=O)CCCCCN(c1cccnc1)S(=O)O. The fourth-order valence-corrected chi connectivity index (χ4v) is 2.18. The minimum absolute atomic E-state index is 0.227. The van der Waals surface area contributed by atoms with Crippen LogP contribution in [0.4, 0.5) is 5.69 Å². The van der Waals surface area contributed by atoms with E-state index in [9.17, 15) is 13.6 Å². The van der Waals surface area contributed by atoms with Crippen molar-refractivity contribution < 1.29 is 18.3 Å². The Kier molecular flexibility index (Phi) is 7.06. The van der Waals surface area contributed by atoms with Gasteiger partial charge in [0.15, 0.2) is 0 Å². The molecular weight excluding hydrogens is 268 g/mol. The number of methoxy groups -OCH3 is 1. The lowest BCUT2D eigenvalue weighted by Crippen LogP contribution is -2.26. The molecule has 0 amide bonds. The van der Waals surface area contributed by atoms with E-state index in [1.807, 2.05) is 0 Å². The van der Waals surface area contributed by atoms with E-state index in [0.29, 0.717) is 25.1 Å². The van der Waals surface area contributed by atoms with Crippen LogP contribution in [0.2, 0.25) is 0 Å². The molecule has 106 valence electrons. The summed E-state index contributed by atoms with van der Waals surface area (Å²) in [5.41, 5.74) is 0.608. The molecule has 6 nitrogen and oxygen atoms in total. The Balaban J connectivity index is 2.36. The number of anilines is 1. The van der Waals surface area contributed by atoms with E-state index in [4.69, 9.17) is 0 Å². The third kappa shape index (κ3) is 5.80. The van der Waals surface area contributed by atoms with Gasteiger partial charge in [-0.3, -0.25) is 18.6 Å². The van der Waals surface area contributed by atoms with Gasteiger partial charge in [0, 0.05) is 19.2 Å². The number of aromatic nitrogens is 1. The molecule has 0 aromatic carbocycles. The molecule has 1 aromatic heterocycles. The topological polar surface area (TPSA) is 79.7 Å². The minimum atomic E-state index is -2.07. The Morgan fingerprint density at radius 3 is 2.84 bits per heavy atom. The zero-order valence-corrected chi connectivity index (χ0v) is 11.6. The molecule has 0 bridgehead atoms. The summed E-state index contributed by atoms with van der Waals surface area (Å²) in [5.74, 6) is -0.227. The van der Waals surface area contributed by atoms with Crippen LogP contribution in [-0.2, 0) is 20.8 Å². The van der Waals surface area contributed by atoms with Crippen molar-refractivity contribution in [1.29, 1.82) is 0 Å². The molecule has 1 N–H and O–H groups in total. The highest BCUT2D eigenvalue weighted by Crippen LogP contribution is 2.14. The lowest BCUT2D eigenvalue weighted by molar-refractivity contribution is -0.140. The van der Waals surface area contributed by atoms with Crippen molar-refractivity contribution in [2.75, 3.05) is 18.0 Å². The molecule has 0 aliphatic rings. The summed E-state index contributed by atoms with van der Waals surface area (Å²) in [7, 11) is 1.36. The average Bonchev–Trinajstić information content (AvgIpc) is 2.42. The summed E-state index contributed by atoms with van der Waals surface area (Å²) >= 11 is -2.07. The average molecular weight is 286 g/mol. The molecule has 0 saturated carbocycles. The summed E-state index contributed by atoms with van der Waals surface area (Å²) in [4.78, 5) is 14.8. The van der Waals surface area contributed by atoms with Crippen LogP contribution in [0.1, 0.15) is 25.7 Å². The second-order valence-corrected chi connectivity index (χ2v) is 4.83. The largest absolute Gasteiger partial charge is 0.469 e. The van der Waals surface area contributed by atoms with Gasteiger partial charge in [-0.2, -0.15) is 0 Å². The maximum Gasteiger partial charge on any atom is 0.305 e. The predicted octanol–water partition coefficient (Wildman–Crippen LogP) is 1.76. The van der Waals surface area contributed by atoms with Gasteiger partial charge in [0.05, 0.1) is 19.0 Å². The number of ether oxygens (including phenoxy) is 1. The standard InChI is InChI=1S/C12H18N2O4S/c1-18-12(15)7-3-2-4-9-14(19(16)17)11-6-5-8-13-10-11/h5-6,8,10H,2-4,7,9H2,1H3,(H,16,17). The lowest BCUT2D eigenvalue weighted by atomic mass is 10.2. The third-order valence-electron chi connectivity index (χ3n) is 2.59. The molecule has 0 spiro atoms. The van der Waals surface area contributed by atoms with Gasteiger partial charge in [-0.15, -0.1) is 0 Å². The minimum Gasteiger partial charge on any atom is -0.469 e. The summed E-state index contributed by atoms with van der Waals surface area (Å²) in [6, 6.07) is 3.45. The van der Waals surface area contributed by atoms with E-state index in [1.165, 1.54) is 11.4 Å². The Hall–Kier alpha value is -1.47. The molecule has 0 saturated heterocycles. The van der Waals surface area contributed by atoms with Crippen molar-refractivity contribution in [1.82, 2.24) is 4.98 Å². The molecule has 1 unspecified atom stereocenters. The number of hydrogen-bond acceptors (Lipinski definition) is 4. The number of carbonyl (C=O) groups is 1. The molecule has 1 heterocycles. The zero-order valence-electron chi connectivity index (χ0n) is 10.8. The number of hydrogen-bond donors (Lipinski definition) is 1. The highest BCUT2D eigenvalue weighted by atomic mass is 32.2. The first-order chi connectivity index (χ1) is 9.15. The van der Waals surface area contributed by atoms with Crippen LogP contribution in [0.3, 0.4) is 0 Å². The number of rotatable bonds is 8. The van der Waals surface area contributed by atoms with E-state index in [2.05, 4.69) is 9.72 Å². The van der Waals surface area contributed by atoms with Crippen molar-refractivity contribution in [2.24, 2.45) is 0 Å². The van der Waals surface area contributed by atoms with Gasteiger partial charge in [-0.25, -0.2) is 4.21 Å². The Morgan fingerprint density at radius 1 is 1.47 bits per heavy atom. The summed E-state index contributed by atoms with van der Waals surface area (Å²) in [5, 5.41) is 0. The lowest BCUT2D eigenvalue weighted by Gasteiger charge is -2.19. The van der Waals surface area contributed by atoms with Crippen LogP contribution in [0.5, 0.6) is 0 Å². The smallest absolute Gasteiger partial charge is 0.305 e. The van der Waals surface area contributed by atoms with Crippen molar-refractivity contribution in [3.8, 4) is 0 Å². The van der Waals surface area contributed by atoms with Crippen molar-refractivity contribution >= 4 is 22.9 Å². The second-order valence-electron chi connectivity index (χ2n) is 3.93. The van der Waals surface area contributed by atoms with Crippen LogP contribution in [0.15, 0.2) is 24.5 Å². The van der Waals surface area contributed by atoms with Crippen molar-refractivity contribution in [2.45, 2.75) is 25.7 Å². The van der Waals surface area contributed by atoms with Crippen molar-refractivity contribution in [3.05, 3.63) is 24.5 Å². The van der Waals surface area contributed by atoms with Crippen molar-refractivity contribution in [3.63, 3.8) is 0 Å². The number of pyridine rings is 1. The third-order valence-corrected chi connectivity index (χ3v) is 3.36. The molecular formula is C12H18N2O4S. The second kappa shape index (κ2) is 8.60. The molecule has 1 atom stereocenters. The number of unbranched alkanes of at least 4 members (excludes halogenated alkanes) is 2. The summed E-state index contributed by atoms with van der Waals surface area (Å²) in [6.07, 6.45) is 5.76. The molecule has 1 aromatic rings.